The van der Waals surface area contributed by atoms with Gasteiger partial charge in [-0.05, 0) is 38.3 Å². The molecule has 4 heteroatoms. The Kier molecular flexibility index (Phi) is 6.27. The number of hydrogen-bond acceptors (Lipinski definition) is 4. The van der Waals surface area contributed by atoms with Gasteiger partial charge in [0.15, 0.2) is 0 Å². The maximum Gasteiger partial charge on any atom is 0.328 e. The molecule has 1 aliphatic heterocycles. The zero-order chi connectivity index (χ0) is 16.7. The Morgan fingerprint density at radius 1 is 1.43 bits per heavy atom. The predicted octanol–water partition coefficient (Wildman–Crippen LogP) is 3.64. The van der Waals surface area contributed by atoms with Gasteiger partial charge < -0.3 is 14.4 Å². The van der Waals surface area contributed by atoms with E-state index in [1.165, 1.54) is 0 Å². The lowest BCUT2D eigenvalue weighted by Crippen LogP contribution is -2.33. The van der Waals surface area contributed by atoms with Crippen molar-refractivity contribution in [3.63, 3.8) is 0 Å². The molecule has 1 aliphatic rings. The number of hydrogen-bond donors (Lipinski definition) is 0. The molecule has 0 saturated carbocycles. The average Bonchev–Trinajstić information content (AvgIpc) is 3.01. The third-order valence-corrected chi connectivity index (χ3v) is 3.88. The second-order valence-corrected chi connectivity index (χ2v) is 5.56. The molecule has 1 saturated heterocycles. The number of ether oxygens (including phenoxy) is 2. The number of allylic oxidation sites excluding steroid dienone is 1. The van der Waals surface area contributed by atoms with E-state index in [1.54, 1.807) is 6.08 Å². The largest absolute Gasteiger partial charge is 0.489 e. The van der Waals surface area contributed by atoms with Crippen LogP contribution in [0.2, 0.25) is 0 Å². The van der Waals surface area contributed by atoms with Crippen molar-refractivity contribution in [2.24, 2.45) is 0 Å². The van der Waals surface area contributed by atoms with Crippen LogP contribution in [0, 0.1) is 0 Å². The number of likely N-dealkylation sites (tertiary alicyclic amines) is 1. The fraction of sp³-hybridized carbons (Fsp3) is 0.421. The van der Waals surface area contributed by atoms with E-state index >= 15 is 0 Å². The molecule has 124 valence electrons. The summed E-state index contributed by atoms with van der Waals surface area (Å²) in [7, 11) is 0. The van der Waals surface area contributed by atoms with Gasteiger partial charge in [0, 0.05) is 18.3 Å². The lowest BCUT2D eigenvalue weighted by molar-refractivity contribution is -0.147. The summed E-state index contributed by atoms with van der Waals surface area (Å²) in [4.78, 5) is 14.1. The van der Waals surface area contributed by atoms with Gasteiger partial charge in [-0.3, -0.25) is 0 Å². The van der Waals surface area contributed by atoms with Crippen molar-refractivity contribution >= 4 is 11.5 Å². The monoisotopic (exact) mass is 315 g/mol. The van der Waals surface area contributed by atoms with Crippen LogP contribution in [0.4, 0.5) is 0 Å². The van der Waals surface area contributed by atoms with Gasteiger partial charge in [0.2, 0.25) is 0 Å². The van der Waals surface area contributed by atoms with Crippen LogP contribution in [0.3, 0.4) is 0 Å². The van der Waals surface area contributed by atoms with Crippen LogP contribution in [0.25, 0.3) is 5.57 Å². The maximum atomic E-state index is 12.1. The number of benzene rings is 1. The van der Waals surface area contributed by atoms with Gasteiger partial charge in [0.1, 0.15) is 18.4 Å². The number of carbonyl (C=O) groups excluding carboxylic acids is 1. The zero-order valence-electron chi connectivity index (χ0n) is 14.0. The summed E-state index contributed by atoms with van der Waals surface area (Å²) >= 11 is 0. The highest BCUT2D eigenvalue weighted by Crippen LogP contribution is 2.28. The molecule has 0 aromatic heterocycles. The van der Waals surface area contributed by atoms with E-state index < -0.39 is 0 Å². The van der Waals surface area contributed by atoms with Gasteiger partial charge in [-0.25, -0.2) is 4.79 Å². The molecular weight excluding hydrogens is 290 g/mol. The smallest absolute Gasteiger partial charge is 0.328 e. The van der Waals surface area contributed by atoms with E-state index in [2.05, 4.69) is 11.5 Å². The topological polar surface area (TPSA) is 38.8 Å². The third kappa shape index (κ3) is 4.38. The van der Waals surface area contributed by atoms with E-state index in [4.69, 9.17) is 9.47 Å². The van der Waals surface area contributed by atoms with Crippen LogP contribution < -0.4 is 4.74 Å². The Balaban J connectivity index is 2.18. The molecule has 23 heavy (non-hydrogen) atoms. The van der Waals surface area contributed by atoms with E-state index in [1.807, 2.05) is 44.3 Å². The standard InChI is InChI=1S/C19H25NO3/c1-4-13-23-18-11-7-6-9-16(18)15(3)14-20-12-8-10-17(20)19(21)22-5-2/h4,6-7,9,11,14,17H,1,5,8,10,12-13H2,2-3H3/b15-14+/t17-/m0/s1. The molecule has 1 aromatic carbocycles. The van der Waals surface area contributed by atoms with Crippen LogP contribution in [0.5, 0.6) is 5.75 Å². The van der Waals surface area contributed by atoms with E-state index in [9.17, 15) is 4.79 Å². The Morgan fingerprint density at radius 2 is 2.22 bits per heavy atom. The summed E-state index contributed by atoms with van der Waals surface area (Å²) in [6.07, 6.45) is 5.62. The quantitative estimate of drug-likeness (QED) is 0.569. The number of nitrogens with zero attached hydrogens (tertiary/aromatic N) is 1. The van der Waals surface area contributed by atoms with Crippen molar-refractivity contribution in [3.8, 4) is 5.75 Å². The highest BCUT2D eigenvalue weighted by atomic mass is 16.5. The molecule has 0 bridgehead atoms. The van der Waals surface area contributed by atoms with Crippen LogP contribution in [-0.4, -0.2) is 36.7 Å². The fourth-order valence-corrected chi connectivity index (χ4v) is 2.82. The second kappa shape index (κ2) is 8.42. The van der Waals surface area contributed by atoms with Crippen molar-refractivity contribution in [2.75, 3.05) is 19.8 Å². The molecule has 1 heterocycles. The lowest BCUT2D eigenvalue weighted by Gasteiger charge is -2.22. The molecular formula is C19H25NO3. The van der Waals surface area contributed by atoms with Crippen molar-refractivity contribution in [3.05, 3.63) is 48.7 Å². The Bertz CT molecular complexity index is 580. The molecule has 0 unspecified atom stereocenters. The van der Waals surface area contributed by atoms with Crippen molar-refractivity contribution in [1.82, 2.24) is 4.90 Å². The molecule has 1 aromatic rings. The minimum absolute atomic E-state index is 0.134. The molecule has 4 nitrogen and oxygen atoms in total. The van der Waals surface area contributed by atoms with Crippen molar-refractivity contribution in [2.45, 2.75) is 32.7 Å². The highest BCUT2D eigenvalue weighted by molar-refractivity contribution is 5.77. The zero-order valence-corrected chi connectivity index (χ0v) is 14.0. The molecule has 0 amide bonds. The normalized spacial score (nSPS) is 17.9. The average molecular weight is 315 g/mol. The van der Waals surface area contributed by atoms with Gasteiger partial charge in [0.25, 0.3) is 0 Å². The van der Waals surface area contributed by atoms with Gasteiger partial charge in [-0.15, -0.1) is 0 Å². The Hall–Kier alpha value is -2.23. The van der Waals surface area contributed by atoms with Crippen LogP contribution in [0.1, 0.15) is 32.3 Å². The van der Waals surface area contributed by atoms with Gasteiger partial charge >= 0.3 is 5.97 Å². The number of para-hydroxylation sites is 1. The SMILES string of the molecule is C=CCOc1ccccc1/C(C)=C/N1CCC[C@H]1C(=O)OCC. The number of esters is 1. The second-order valence-electron chi connectivity index (χ2n) is 5.56. The summed E-state index contributed by atoms with van der Waals surface area (Å²) in [5.41, 5.74) is 2.10. The molecule has 2 rings (SSSR count). The minimum Gasteiger partial charge on any atom is -0.489 e. The van der Waals surface area contributed by atoms with E-state index in [0.717, 1.165) is 36.3 Å². The number of rotatable bonds is 7. The summed E-state index contributed by atoms with van der Waals surface area (Å²) in [5.74, 6) is 0.693. The van der Waals surface area contributed by atoms with Gasteiger partial charge in [-0.2, -0.15) is 0 Å². The molecule has 1 atom stereocenters. The summed E-state index contributed by atoms with van der Waals surface area (Å²) in [5, 5.41) is 0. The Labute approximate surface area is 138 Å². The van der Waals surface area contributed by atoms with Crippen LogP contribution in [-0.2, 0) is 9.53 Å². The molecule has 0 radical (unpaired) electrons. The molecule has 1 fully saturated rings. The highest BCUT2D eigenvalue weighted by Gasteiger charge is 2.30. The van der Waals surface area contributed by atoms with E-state index in [-0.39, 0.29) is 12.0 Å². The summed E-state index contributed by atoms with van der Waals surface area (Å²) in [6.45, 7) is 9.32. The van der Waals surface area contributed by atoms with Crippen LogP contribution in [0.15, 0.2) is 43.1 Å². The minimum atomic E-state index is -0.175. The first-order valence-electron chi connectivity index (χ1n) is 8.11. The van der Waals surface area contributed by atoms with Crippen LogP contribution >= 0.6 is 0 Å². The van der Waals surface area contributed by atoms with E-state index in [0.29, 0.717) is 13.2 Å². The van der Waals surface area contributed by atoms with Gasteiger partial charge in [0.05, 0.1) is 6.61 Å². The maximum absolute atomic E-state index is 12.1. The van der Waals surface area contributed by atoms with Gasteiger partial charge in [-0.1, -0.05) is 30.9 Å². The molecule has 0 N–H and O–H groups in total. The summed E-state index contributed by atoms with van der Waals surface area (Å²) in [6, 6.07) is 7.74. The molecule has 0 aliphatic carbocycles. The fourth-order valence-electron chi connectivity index (χ4n) is 2.82. The summed E-state index contributed by atoms with van der Waals surface area (Å²) < 4.78 is 10.9. The predicted molar refractivity (Wildman–Crippen MR) is 92.1 cm³/mol. The molecule has 0 spiro atoms. The third-order valence-electron chi connectivity index (χ3n) is 3.88. The first-order chi connectivity index (χ1) is 11.2. The first-order valence-corrected chi connectivity index (χ1v) is 8.11. The first kappa shape index (κ1) is 17.1. The Morgan fingerprint density at radius 3 is 2.96 bits per heavy atom. The lowest BCUT2D eigenvalue weighted by atomic mass is 10.1. The van der Waals surface area contributed by atoms with Crippen molar-refractivity contribution < 1.29 is 14.3 Å². The van der Waals surface area contributed by atoms with Crippen molar-refractivity contribution in [1.29, 1.82) is 0 Å². The number of carbonyl (C=O) groups is 1.